The van der Waals surface area contributed by atoms with Crippen molar-refractivity contribution in [1.29, 1.82) is 0 Å². The lowest BCUT2D eigenvalue weighted by Crippen LogP contribution is -2.48. The first-order valence-electron chi connectivity index (χ1n) is 5.73. The Hall–Kier alpha value is -1.62. The average Bonchev–Trinajstić information content (AvgIpc) is 2.34. The minimum absolute atomic E-state index is 0.0310. The van der Waals surface area contributed by atoms with Gasteiger partial charge in [0.25, 0.3) is 5.91 Å². The van der Waals surface area contributed by atoms with Crippen LogP contribution in [0.25, 0.3) is 0 Å². The van der Waals surface area contributed by atoms with Crippen LogP contribution in [-0.2, 0) is 4.79 Å². The molecule has 1 unspecified atom stereocenters. The third-order valence-corrected chi connectivity index (χ3v) is 3.27. The first-order valence-corrected chi connectivity index (χ1v) is 6.11. The summed E-state index contributed by atoms with van der Waals surface area (Å²) >= 11 is 5.85. The molecule has 2 heterocycles. The van der Waals surface area contributed by atoms with Crippen molar-refractivity contribution in [2.75, 3.05) is 13.6 Å². The zero-order chi connectivity index (χ0) is 13.1. The lowest BCUT2D eigenvalue weighted by molar-refractivity contribution is -0.132. The van der Waals surface area contributed by atoms with Crippen molar-refractivity contribution in [3.63, 3.8) is 0 Å². The quantitative estimate of drug-likeness (QED) is 0.816. The fourth-order valence-electron chi connectivity index (χ4n) is 1.95. The Morgan fingerprint density at radius 3 is 3.06 bits per heavy atom. The third-order valence-electron chi connectivity index (χ3n) is 2.97. The molecule has 0 aliphatic carbocycles. The molecule has 96 valence electrons. The number of likely N-dealkylation sites (tertiary alicyclic amines) is 1. The fourth-order valence-corrected chi connectivity index (χ4v) is 2.15. The van der Waals surface area contributed by atoms with E-state index >= 15 is 0 Å². The zero-order valence-corrected chi connectivity index (χ0v) is 10.8. The number of carbonyl (C=O) groups is 2. The molecule has 1 N–H and O–H groups in total. The van der Waals surface area contributed by atoms with Gasteiger partial charge in [-0.25, -0.2) is 4.98 Å². The van der Waals surface area contributed by atoms with E-state index in [0.29, 0.717) is 24.9 Å². The maximum atomic E-state index is 12.0. The number of rotatable bonds is 2. The maximum Gasteiger partial charge on any atom is 0.254 e. The Balaban J connectivity index is 2.00. The lowest BCUT2D eigenvalue weighted by atomic mass is 10.1. The first kappa shape index (κ1) is 12.8. The number of hydrogen-bond acceptors (Lipinski definition) is 3. The van der Waals surface area contributed by atoms with E-state index in [2.05, 4.69) is 10.3 Å². The molecule has 6 heteroatoms. The monoisotopic (exact) mass is 267 g/mol. The Kier molecular flexibility index (Phi) is 3.81. The molecule has 2 rings (SSSR count). The average molecular weight is 268 g/mol. The second kappa shape index (κ2) is 5.35. The van der Waals surface area contributed by atoms with Crippen LogP contribution in [0.15, 0.2) is 18.3 Å². The van der Waals surface area contributed by atoms with Crippen LogP contribution < -0.4 is 5.32 Å². The highest BCUT2D eigenvalue weighted by Gasteiger charge is 2.24. The van der Waals surface area contributed by atoms with Gasteiger partial charge in [-0.3, -0.25) is 9.59 Å². The van der Waals surface area contributed by atoms with Gasteiger partial charge in [0.15, 0.2) is 0 Å². The van der Waals surface area contributed by atoms with E-state index < -0.39 is 0 Å². The summed E-state index contributed by atoms with van der Waals surface area (Å²) in [5.41, 5.74) is 0.360. The minimum atomic E-state index is -0.249. The molecule has 5 nitrogen and oxygen atoms in total. The molecule has 1 atom stereocenters. The largest absolute Gasteiger partial charge is 0.347 e. The van der Waals surface area contributed by atoms with Gasteiger partial charge in [-0.05, 0) is 18.6 Å². The molecule has 2 amide bonds. The van der Waals surface area contributed by atoms with Gasteiger partial charge in [-0.15, -0.1) is 0 Å². The van der Waals surface area contributed by atoms with Crippen LogP contribution in [0.1, 0.15) is 23.2 Å². The van der Waals surface area contributed by atoms with Crippen LogP contribution in [-0.4, -0.2) is 41.3 Å². The van der Waals surface area contributed by atoms with Gasteiger partial charge in [0, 0.05) is 32.3 Å². The highest BCUT2D eigenvalue weighted by Crippen LogP contribution is 2.14. The number of nitrogens with zero attached hydrogens (tertiary/aromatic N) is 2. The number of piperidine rings is 1. The number of amides is 2. The Bertz CT molecular complexity index is 478. The summed E-state index contributed by atoms with van der Waals surface area (Å²) in [5, 5.41) is 3.06. The van der Waals surface area contributed by atoms with Crippen LogP contribution in [0.4, 0.5) is 0 Å². The van der Waals surface area contributed by atoms with Crippen molar-refractivity contribution >= 4 is 23.4 Å². The molecular formula is C12H14ClN3O2. The van der Waals surface area contributed by atoms with Crippen molar-refractivity contribution in [2.45, 2.75) is 18.9 Å². The van der Waals surface area contributed by atoms with E-state index in [0.717, 1.165) is 0 Å². The summed E-state index contributed by atoms with van der Waals surface area (Å²) in [5.74, 6) is -0.138. The van der Waals surface area contributed by atoms with E-state index in [1.54, 1.807) is 24.1 Å². The van der Waals surface area contributed by atoms with E-state index in [-0.39, 0.29) is 23.0 Å². The van der Waals surface area contributed by atoms with Crippen molar-refractivity contribution in [2.24, 2.45) is 0 Å². The molecule has 1 fully saturated rings. The number of likely N-dealkylation sites (N-methyl/N-ethyl adjacent to an activating group) is 1. The first-order chi connectivity index (χ1) is 8.58. The smallest absolute Gasteiger partial charge is 0.254 e. The number of halogens is 1. The summed E-state index contributed by atoms with van der Waals surface area (Å²) in [6.07, 6.45) is 2.65. The van der Waals surface area contributed by atoms with Gasteiger partial charge < -0.3 is 10.2 Å². The molecule has 1 saturated heterocycles. The Morgan fingerprint density at radius 2 is 2.39 bits per heavy atom. The normalized spacial score (nSPS) is 19.8. The summed E-state index contributed by atoms with van der Waals surface area (Å²) in [7, 11) is 1.73. The Labute approximate surface area is 110 Å². The minimum Gasteiger partial charge on any atom is -0.347 e. The highest BCUT2D eigenvalue weighted by molar-refractivity contribution is 6.32. The highest BCUT2D eigenvalue weighted by atomic mass is 35.5. The SMILES string of the molecule is CN1CC(NC(=O)c2cccnc2Cl)CCC1=O. The number of aromatic nitrogens is 1. The maximum absolute atomic E-state index is 12.0. The van der Waals surface area contributed by atoms with Gasteiger partial charge in [0.2, 0.25) is 5.91 Å². The zero-order valence-electron chi connectivity index (χ0n) is 10.0. The van der Waals surface area contributed by atoms with Gasteiger partial charge in [0.05, 0.1) is 5.56 Å². The molecule has 1 aliphatic rings. The molecule has 0 bridgehead atoms. The molecule has 1 aliphatic heterocycles. The number of pyridine rings is 1. The summed E-state index contributed by atoms with van der Waals surface area (Å²) < 4.78 is 0. The number of hydrogen-bond donors (Lipinski definition) is 1. The lowest BCUT2D eigenvalue weighted by Gasteiger charge is -2.30. The number of carbonyl (C=O) groups excluding carboxylic acids is 2. The van der Waals surface area contributed by atoms with E-state index in [4.69, 9.17) is 11.6 Å². The van der Waals surface area contributed by atoms with Crippen molar-refractivity contribution in [3.8, 4) is 0 Å². The summed E-state index contributed by atoms with van der Waals surface area (Å²) in [6.45, 7) is 0.530. The second-order valence-corrected chi connectivity index (χ2v) is 4.68. The van der Waals surface area contributed by atoms with Crippen LogP contribution in [0.3, 0.4) is 0 Å². The predicted octanol–water partition coefficient (Wildman–Crippen LogP) is 1.09. The fraction of sp³-hybridized carbons (Fsp3) is 0.417. The van der Waals surface area contributed by atoms with Crippen LogP contribution in [0.2, 0.25) is 5.15 Å². The molecule has 0 radical (unpaired) electrons. The second-order valence-electron chi connectivity index (χ2n) is 4.33. The van der Waals surface area contributed by atoms with Crippen molar-refractivity contribution < 1.29 is 9.59 Å². The topological polar surface area (TPSA) is 62.3 Å². The van der Waals surface area contributed by atoms with E-state index in [9.17, 15) is 9.59 Å². The van der Waals surface area contributed by atoms with Gasteiger partial charge in [0.1, 0.15) is 5.15 Å². The van der Waals surface area contributed by atoms with Crippen molar-refractivity contribution in [1.82, 2.24) is 15.2 Å². The molecule has 0 spiro atoms. The van der Waals surface area contributed by atoms with Crippen molar-refractivity contribution in [3.05, 3.63) is 29.0 Å². The predicted molar refractivity (Wildman–Crippen MR) is 67.4 cm³/mol. The molecule has 1 aromatic rings. The van der Waals surface area contributed by atoms with E-state index in [1.165, 1.54) is 6.20 Å². The molecular weight excluding hydrogens is 254 g/mol. The third kappa shape index (κ3) is 2.79. The molecule has 0 saturated carbocycles. The summed E-state index contributed by atoms with van der Waals surface area (Å²) in [6, 6.07) is 3.26. The molecule has 18 heavy (non-hydrogen) atoms. The number of nitrogens with one attached hydrogen (secondary N) is 1. The van der Waals surface area contributed by atoms with Crippen LogP contribution >= 0.6 is 11.6 Å². The summed E-state index contributed by atoms with van der Waals surface area (Å²) in [4.78, 5) is 28.8. The van der Waals surface area contributed by atoms with Crippen LogP contribution in [0, 0.1) is 0 Å². The van der Waals surface area contributed by atoms with E-state index in [1.807, 2.05) is 0 Å². The molecule has 1 aromatic heterocycles. The van der Waals surface area contributed by atoms with Crippen LogP contribution in [0.5, 0.6) is 0 Å². The van der Waals surface area contributed by atoms with Gasteiger partial charge in [-0.2, -0.15) is 0 Å². The van der Waals surface area contributed by atoms with Gasteiger partial charge in [-0.1, -0.05) is 11.6 Å². The van der Waals surface area contributed by atoms with Gasteiger partial charge >= 0.3 is 0 Å². The molecule has 0 aromatic carbocycles. The Morgan fingerprint density at radius 1 is 1.61 bits per heavy atom. The standard InChI is InChI=1S/C12H14ClN3O2/c1-16-7-8(4-5-10(16)17)15-12(18)9-3-2-6-14-11(9)13/h2-3,6,8H,4-5,7H2,1H3,(H,15,18).